The molecule has 1 saturated carbocycles. The van der Waals surface area contributed by atoms with Crippen molar-refractivity contribution in [2.45, 2.75) is 50.9 Å². The molecule has 1 saturated heterocycles. The summed E-state index contributed by atoms with van der Waals surface area (Å²) in [5.74, 6) is -0.563. The Balaban J connectivity index is 1.50. The van der Waals surface area contributed by atoms with Gasteiger partial charge in [-0.1, -0.05) is 0 Å². The highest BCUT2D eigenvalue weighted by molar-refractivity contribution is 5.90. The van der Waals surface area contributed by atoms with Crippen molar-refractivity contribution < 1.29 is 28.0 Å². The Labute approximate surface area is 183 Å². The van der Waals surface area contributed by atoms with Crippen LogP contribution in [0.3, 0.4) is 0 Å². The predicted octanol–water partition coefficient (Wildman–Crippen LogP) is 3.88. The molecular weight excluding hydrogens is 421 g/mol. The van der Waals surface area contributed by atoms with Gasteiger partial charge < -0.3 is 18.8 Å². The molecule has 0 spiro atoms. The fourth-order valence-electron chi connectivity index (χ4n) is 3.48. The summed E-state index contributed by atoms with van der Waals surface area (Å²) >= 11 is 0. The summed E-state index contributed by atoms with van der Waals surface area (Å²) in [6.07, 6.45) is 0.173. The van der Waals surface area contributed by atoms with E-state index in [1.165, 1.54) is 11.0 Å². The number of aromatic nitrogens is 2. The molecule has 2 aromatic rings. The highest BCUT2D eigenvalue weighted by Gasteiger charge is 2.54. The van der Waals surface area contributed by atoms with Crippen LogP contribution in [-0.4, -0.2) is 47.1 Å². The van der Waals surface area contributed by atoms with Crippen LogP contribution in [0, 0.1) is 12.4 Å². The Morgan fingerprint density at radius 3 is 2.75 bits per heavy atom. The van der Waals surface area contributed by atoms with Crippen LogP contribution >= 0.6 is 0 Å². The minimum Gasteiger partial charge on any atom is -0.443 e. The maximum Gasteiger partial charge on any atom is 0.417 e. The van der Waals surface area contributed by atoms with Gasteiger partial charge in [-0.15, -0.1) is 0 Å². The zero-order valence-electron chi connectivity index (χ0n) is 17.9. The highest BCUT2D eigenvalue weighted by atomic mass is 19.1. The third-order valence-corrected chi connectivity index (χ3v) is 5.17. The Morgan fingerprint density at radius 2 is 2.19 bits per heavy atom. The van der Waals surface area contributed by atoms with Gasteiger partial charge in [0.2, 0.25) is 6.39 Å². The number of anilines is 2. The summed E-state index contributed by atoms with van der Waals surface area (Å²) in [5, 5.41) is 3.68. The van der Waals surface area contributed by atoms with Crippen LogP contribution in [0.5, 0.6) is 0 Å². The molecule has 0 radical (unpaired) electrons. The maximum absolute atomic E-state index is 14.7. The maximum atomic E-state index is 14.7. The van der Waals surface area contributed by atoms with E-state index in [-0.39, 0.29) is 19.0 Å². The molecule has 0 unspecified atom stereocenters. The molecule has 4 rings (SSSR count). The van der Waals surface area contributed by atoms with Crippen molar-refractivity contribution in [3.63, 3.8) is 0 Å². The molecule has 2 aliphatic rings. The van der Waals surface area contributed by atoms with E-state index in [9.17, 15) is 14.0 Å². The normalized spacial score (nSPS) is 19.3. The van der Waals surface area contributed by atoms with E-state index in [1.54, 1.807) is 32.9 Å². The van der Waals surface area contributed by atoms with Gasteiger partial charge in [0.25, 0.3) is 11.5 Å². The van der Waals surface area contributed by atoms with E-state index in [2.05, 4.69) is 15.0 Å². The number of nitrogens with zero attached hydrogens (tertiary/aromatic N) is 5. The van der Waals surface area contributed by atoms with Crippen molar-refractivity contribution in [2.24, 2.45) is 0 Å². The summed E-state index contributed by atoms with van der Waals surface area (Å²) in [5.41, 5.74) is -0.896. The second kappa shape index (κ2) is 7.78. The number of hydrogen-bond acceptors (Lipinski definition) is 7. The fraction of sp³-hybridized carbons (Fsp3) is 0.476. The number of amides is 2. The molecule has 1 aromatic carbocycles. The predicted molar refractivity (Wildman–Crippen MR) is 109 cm³/mol. The number of hydrogen-bond donors (Lipinski definition) is 0. The zero-order chi connectivity index (χ0) is 23.1. The average molecular weight is 443 g/mol. The molecule has 0 N–H and O–H groups in total. The number of halogens is 1. The van der Waals surface area contributed by atoms with Crippen LogP contribution in [0.25, 0.3) is 4.85 Å². The molecule has 1 aliphatic carbocycles. The van der Waals surface area contributed by atoms with Gasteiger partial charge in [-0.3, -0.25) is 4.90 Å². The lowest BCUT2D eigenvalue weighted by atomic mass is 10.0. The van der Waals surface area contributed by atoms with Crippen molar-refractivity contribution in [1.29, 1.82) is 0 Å². The molecule has 1 aliphatic heterocycles. The van der Waals surface area contributed by atoms with Gasteiger partial charge in [0.1, 0.15) is 17.5 Å². The molecule has 1 atom stereocenters. The van der Waals surface area contributed by atoms with Gasteiger partial charge in [0, 0.05) is 12.8 Å². The number of rotatable bonds is 5. The smallest absolute Gasteiger partial charge is 0.417 e. The lowest BCUT2D eigenvalue weighted by Gasteiger charge is -2.26. The van der Waals surface area contributed by atoms with Crippen molar-refractivity contribution in [1.82, 2.24) is 10.1 Å². The Kier molecular flexibility index (Phi) is 5.24. The van der Waals surface area contributed by atoms with Gasteiger partial charge in [-0.05, 0) is 44.1 Å². The van der Waals surface area contributed by atoms with E-state index >= 15 is 0 Å². The van der Waals surface area contributed by atoms with E-state index < -0.39 is 35.2 Å². The first-order valence-electron chi connectivity index (χ1n) is 10.1. The standard InChI is InChI=1S/C21H22FN5O5/c1-20(2,3)32-19(29)27(17-24-12-30-25-17)11-14-10-26(18(28)31-14)13-5-6-15(16(22)9-13)21(23-4)7-8-21/h5-6,9,12,14H,7-8,10-11H2,1-3H3/t14-/m1/s1. The van der Waals surface area contributed by atoms with Gasteiger partial charge >= 0.3 is 12.2 Å². The largest absolute Gasteiger partial charge is 0.443 e. The molecule has 10 nitrogen and oxygen atoms in total. The van der Waals surface area contributed by atoms with Crippen molar-refractivity contribution >= 4 is 23.8 Å². The molecule has 0 bridgehead atoms. The molecule has 2 heterocycles. The van der Waals surface area contributed by atoms with Gasteiger partial charge in [-0.25, -0.2) is 25.5 Å². The molecular formula is C21H22FN5O5. The van der Waals surface area contributed by atoms with Crippen LogP contribution in [0.15, 0.2) is 29.1 Å². The van der Waals surface area contributed by atoms with Crippen molar-refractivity contribution in [3.8, 4) is 0 Å². The lowest BCUT2D eigenvalue weighted by Crippen LogP contribution is -2.43. The van der Waals surface area contributed by atoms with Crippen molar-refractivity contribution in [2.75, 3.05) is 22.9 Å². The van der Waals surface area contributed by atoms with E-state index in [1.807, 2.05) is 0 Å². The van der Waals surface area contributed by atoms with Gasteiger partial charge in [0.05, 0.1) is 24.3 Å². The summed E-state index contributed by atoms with van der Waals surface area (Å²) in [4.78, 5) is 34.9. The van der Waals surface area contributed by atoms with Gasteiger partial charge in [-0.2, -0.15) is 4.98 Å². The van der Waals surface area contributed by atoms with E-state index in [4.69, 9.17) is 20.6 Å². The van der Waals surface area contributed by atoms with Crippen LogP contribution < -0.4 is 9.80 Å². The van der Waals surface area contributed by atoms with Crippen LogP contribution in [0.4, 0.5) is 25.6 Å². The second-order valence-electron chi connectivity index (χ2n) is 8.75. The van der Waals surface area contributed by atoms with Crippen LogP contribution in [-0.2, 0) is 15.0 Å². The quantitative estimate of drug-likeness (QED) is 0.646. The van der Waals surface area contributed by atoms with Crippen LogP contribution in [0.2, 0.25) is 0 Å². The Morgan fingerprint density at radius 1 is 1.44 bits per heavy atom. The summed E-state index contributed by atoms with van der Waals surface area (Å²) < 4.78 is 30.2. The molecule has 2 fully saturated rings. The number of benzene rings is 1. The first-order chi connectivity index (χ1) is 15.1. The topological polar surface area (TPSA) is 102 Å². The van der Waals surface area contributed by atoms with E-state index in [0.29, 0.717) is 24.1 Å². The van der Waals surface area contributed by atoms with Crippen molar-refractivity contribution in [3.05, 3.63) is 47.4 Å². The molecule has 11 heteroatoms. The molecule has 2 amide bonds. The number of cyclic esters (lactones) is 1. The monoisotopic (exact) mass is 443 g/mol. The zero-order valence-corrected chi connectivity index (χ0v) is 17.9. The summed E-state index contributed by atoms with van der Waals surface area (Å²) in [7, 11) is 0. The minimum atomic E-state index is -0.783. The molecule has 168 valence electrons. The summed E-state index contributed by atoms with van der Waals surface area (Å²) in [6, 6.07) is 4.37. The minimum absolute atomic E-state index is 0.0296. The average Bonchev–Trinajstić information content (AvgIpc) is 3.14. The number of ether oxygens (including phenoxy) is 2. The van der Waals surface area contributed by atoms with E-state index in [0.717, 1.165) is 11.3 Å². The lowest BCUT2D eigenvalue weighted by molar-refractivity contribution is 0.0555. The Hall–Kier alpha value is -3.68. The molecule has 1 aromatic heterocycles. The first-order valence-corrected chi connectivity index (χ1v) is 10.1. The summed E-state index contributed by atoms with van der Waals surface area (Å²) in [6.45, 7) is 12.4. The number of carbonyl (C=O) groups is 2. The first kappa shape index (κ1) is 21.5. The Bertz CT molecular complexity index is 1070. The second-order valence-corrected chi connectivity index (χ2v) is 8.75. The SMILES string of the molecule is [C-]#[N+]C1(c2ccc(N3C[C@H](CN(C(=O)OC(C)(C)C)c4ncon4)OC3=O)cc2F)CC1. The number of carbonyl (C=O) groups excluding carboxylic acids is 2. The third-order valence-electron chi connectivity index (χ3n) is 5.17. The highest BCUT2D eigenvalue weighted by Crippen LogP contribution is 2.50. The van der Waals surface area contributed by atoms with Gasteiger partial charge in [0.15, 0.2) is 0 Å². The molecule has 32 heavy (non-hydrogen) atoms. The fourth-order valence-corrected chi connectivity index (χ4v) is 3.48. The third kappa shape index (κ3) is 4.21. The van der Waals surface area contributed by atoms with Crippen LogP contribution in [0.1, 0.15) is 39.2 Å².